The van der Waals surface area contributed by atoms with Gasteiger partial charge in [0.15, 0.2) is 0 Å². The van der Waals surface area contributed by atoms with E-state index in [1.807, 2.05) is 6.92 Å². The monoisotopic (exact) mass is 286 g/mol. The minimum atomic E-state index is 0.436. The average molecular weight is 286 g/mol. The molecular formula is C17H34O3. The summed E-state index contributed by atoms with van der Waals surface area (Å²) >= 11 is 0. The molecule has 1 aliphatic rings. The Morgan fingerprint density at radius 3 is 2.45 bits per heavy atom. The average Bonchev–Trinajstić information content (AvgIpc) is 2.41. The summed E-state index contributed by atoms with van der Waals surface area (Å²) in [6.45, 7) is 12.8. The number of ether oxygens (including phenoxy) is 3. The van der Waals surface area contributed by atoms with Crippen LogP contribution in [0.15, 0.2) is 0 Å². The molecule has 0 N–H and O–H groups in total. The maximum absolute atomic E-state index is 6.10. The summed E-state index contributed by atoms with van der Waals surface area (Å²) in [6, 6.07) is 0. The highest BCUT2D eigenvalue weighted by atomic mass is 16.5. The first-order chi connectivity index (χ1) is 9.65. The maximum atomic E-state index is 6.10. The van der Waals surface area contributed by atoms with Gasteiger partial charge in [-0.3, -0.25) is 0 Å². The van der Waals surface area contributed by atoms with E-state index in [4.69, 9.17) is 14.2 Å². The van der Waals surface area contributed by atoms with Gasteiger partial charge in [0.2, 0.25) is 0 Å². The summed E-state index contributed by atoms with van der Waals surface area (Å²) in [5, 5.41) is 0. The number of hydrogen-bond donors (Lipinski definition) is 0. The van der Waals surface area contributed by atoms with Crippen molar-refractivity contribution in [2.75, 3.05) is 33.0 Å². The summed E-state index contributed by atoms with van der Waals surface area (Å²) in [5.41, 5.74) is 0. The van der Waals surface area contributed by atoms with Gasteiger partial charge in [-0.15, -0.1) is 0 Å². The van der Waals surface area contributed by atoms with E-state index in [1.54, 1.807) is 0 Å². The van der Waals surface area contributed by atoms with Gasteiger partial charge in [0.1, 0.15) is 0 Å². The highest BCUT2D eigenvalue weighted by molar-refractivity contribution is 4.81. The molecule has 20 heavy (non-hydrogen) atoms. The molecule has 3 heteroatoms. The molecule has 0 heterocycles. The highest BCUT2D eigenvalue weighted by Gasteiger charge is 2.31. The van der Waals surface area contributed by atoms with E-state index in [2.05, 4.69) is 20.8 Å². The zero-order valence-electron chi connectivity index (χ0n) is 13.9. The van der Waals surface area contributed by atoms with Gasteiger partial charge in [-0.05, 0) is 43.9 Å². The molecule has 0 radical (unpaired) electrons. The van der Waals surface area contributed by atoms with Gasteiger partial charge in [0, 0.05) is 19.8 Å². The lowest BCUT2D eigenvalue weighted by molar-refractivity contribution is -0.0591. The lowest BCUT2D eigenvalue weighted by Crippen LogP contribution is -2.35. The van der Waals surface area contributed by atoms with Gasteiger partial charge >= 0.3 is 0 Å². The van der Waals surface area contributed by atoms with Crippen molar-refractivity contribution in [3.8, 4) is 0 Å². The van der Waals surface area contributed by atoms with E-state index >= 15 is 0 Å². The van der Waals surface area contributed by atoms with Crippen molar-refractivity contribution in [1.29, 1.82) is 0 Å². The van der Waals surface area contributed by atoms with Gasteiger partial charge in [0.05, 0.1) is 19.3 Å². The van der Waals surface area contributed by atoms with E-state index < -0.39 is 0 Å². The second kappa shape index (κ2) is 10.6. The number of hydrogen-bond acceptors (Lipinski definition) is 3. The van der Waals surface area contributed by atoms with E-state index in [1.165, 1.54) is 19.3 Å². The van der Waals surface area contributed by atoms with Crippen molar-refractivity contribution >= 4 is 0 Å². The van der Waals surface area contributed by atoms with Crippen molar-refractivity contribution < 1.29 is 14.2 Å². The molecule has 120 valence electrons. The van der Waals surface area contributed by atoms with Crippen LogP contribution in [0.4, 0.5) is 0 Å². The van der Waals surface area contributed by atoms with Crippen LogP contribution in [0.2, 0.25) is 0 Å². The second-order valence-electron chi connectivity index (χ2n) is 6.40. The van der Waals surface area contributed by atoms with Gasteiger partial charge < -0.3 is 14.2 Å². The van der Waals surface area contributed by atoms with Crippen molar-refractivity contribution in [3.05, 3.63) is 0 Å². The topological polar surface area (TPSA) is 27.7 Å². The maximum Gasteiger partial charge on any atom is 0.0704 e. The first kappa shape index (κ1) is 17.9. The minimum Gasteiger partial charge on any atom is -0.382 e. The molecule has 0 aromatic heterocycles. The summed E-state index contributed by atoms with van der Waals surface area (Å²) in [4.78, 5) is 0. The molecule has 0 aromatic carbocycles. The smallest absolute Gasteiger partial charge is 0.0704 e. The zero-order chi connectivity index (χ0) is 14.8. The SMILES string of the molecule is CCOCCCOCCOC1CC(C)CCC1C(C)C. The van der Waals surface area contributed by atoms with Crippen LogP contribution in [-0.2, 0) is 14.2 Å². The van der Waals surface area contributed by atoms with Crippen LogP contribution in [0.25, 0.3) is 0 Å². The second-order valence-corrected chi connectivity index (χ2v) is 6.40. The quantitative estimate of drug-likeness (QED) is 0.570. The standard InChI is InChI=1S/C17H34O3/c1-5-18-9-6-10-19-11-12-20-17-13-15(4)7-8-16(17)14(2)3/h14-17H,5-13H2,1-4H3. The third-order valence-electron chi connectivity index (χ3n) is 4.30. The molecule has 1 rings (SSSR count). The largest absolute Gasteiger partial charge is 0.382 e. The van der Waals surface area contributed by atoms with Crippen molar-refractivity contribution in [2.24, 2.45) is 17.8 Å². The molecule has 0 saturated heterocycles. The molecule has 0 aromatic rings. The normalized spacial score (nSPS) is 27.1. The van der Waals surface area contributed by atoms with Crippen molar-refractivity contribution in [3.63, 3.8) is 0 Å². The van der Waals surface area contributed by atoms with E-state index in [0.29, 0.717) is 12.7 Å². The lowest BCUT2D eigenvalue weighted by Gasteiger charge is -2.37. The van der Waals surface area contributed by atoms with Crippen molar-refractivity contribution in [2.45, 2.75) is 59.5 Å². The third-order valence-corrected chi connectivity index (χ3v) is 4.30. The molecule has 0 bridgehead atoms. The van der Waals surface area contributed by atoms with Gasteiger partial charge in [-0.2, -0.15) is 0 Å². The van der Waals surface area contributed by atoms with Crippen molar-refractivity contribution in [1.82, 2.24) is 0 Å². The fourth-order valence-electron chi connectivity index (χ4n) is 3.07. The fourth-order valence-corrected chi connectivity index (χ4v) is 3.07. The Bertz CT molecular complexity index is 230. The molecule has 0 spiro atoms. The zero-order valence-corrected chi connectivity index (χ0v) is 13.9. The van der Waals surface area contributed by atoms with E-state index in [9.17, 15) is 0 Å². The first-order valence-corrected chi connectivity index (χ1v) is 8.42. The Hall–Kier alpha value is -0.120. The predicted molar refractivity (Wildman–Crippen MR) is 83.0 cm³/mol. The highest BCUT2D eigenvalue weighted by Crippen LogP contribution is 2.35. The molecule has 1 saturated carbocycles. The van der Waals surface area contributed by atoms with E-state index in [0.717, 1.165) is 50.6 Å². The summed E-state index contributed by atoms with van der Waals surface area (Å²) in [7, 11) is 0. The van der Waals surface area contributed by atoms with Crippen LogP contribution in [0, 0.1) is 17.8 Å². The Labute approximate surface area is 125 Å². The third kappa shape index (κ3) is 7.05. The Morgan fingerprint density at radius 2 is 1.75 bits per heavy atom. The van der Waals surface area contributed by atoms with Crippen LogP contribution in [0.1, 0.15) is 53.4 Å². The molecule has 0 aliphatic heterocycles. The molecule has 3 atom stereocenters. The Balaban J connectivity index is 2.09. The molecule has 3 nitrogen and oxygen atoms in total. The summed E-state index contributed by atoms with van der Waals surface area (Å²) in [6.07, 6.45) is 5.30. The molecule has 1 aliphatic carbocycles. The van der Waals surface area contributed by atoms with E-state index in [-0.39, 0.29) is 0 Å². The van der Waals surface area contributed by atoms with Crippen LogP contribution in [0.3, 0.4) is 0 Å². The molecule has 1 fully saturated rings. The lowest BCUT2D eigenvalue weighted by atomic mass is 9.75. The molecule has 0 amide bonds. The molecule has 3 unspecified atom stereocenters. The van der Waals surface area contributed by atoms with Crippen LogP contribution >= 0.6 is 0 Å². The minimum absolute atomic E-state index is 0.436. The summed E-state index contributed by atoms with van der Waals surface area (Å²) < 4.78 is 17.0. The summed E-state index contributed by atoms with van der Waals surface area (Å²) in [5.74, 6) is 2.26. The number of rotatable bonds is 10. The fraction of sp³-hybridized carbons (Fsp3) is 1.00. The van der Waals surface area contributed by atoms with Gasteiger partial charge in [0.25, 0.3) is 0 Å². The van der Waals surface area contributed by atoms with Crippen LogP contribution in [-0.4, -0.2) is 39.1 Å². The van der Waals surface area contributed by atoms with Crippen LogP contribution in [0.5, 0.6) is 0 Å². The predicted octanol–water partition coefficient (Wildman–Crippen LogP) is 3.91. The van der Waals surface area contributed by atoms with Gasteiger partial charge in [-0.25, -0.2) is 0 Å². The Kier molecular flexibility index (Phi) is 9.49. The van der Waals surface area contributed by atoms with Gasteiger partial charge in [-0.1, -0.05) is 27.2 Å². The first-order valence-electron chi connectivity index (χ1n) is 8.42. The molecular weight excluding hydrogens is 252 g/mol. The van der Waals surface area contributed by atoms with Crippen LogP contribution < -0.4 is 0 Å². The Morgan fingerprint density at radius 1 is 1.00 bits per heavy atom.